The summed E-state index contributed by atoms with van der Waals surface area (Å²) >= 11 is 3.07. The Morgan fingerprint density at radius 3 is 2.95 bits per heavy atom. The van der Waals surface area contributed by atoms with Crippen molar-refractivity contribution in [1.29, 1.82) is 5.26 Å². The number of nitrogens with zero attached hydrogens (tertiary/aromatic N) is 4. The summed E-state index contributed by atoms with van der Waals surface area (Å²) in [5, 5.41) is 15.9. The third-order valence-corrected chi connectivity index (χ3v) is 3.29. The highest BCUT2D eigenvalue weighted by atomic mass is 79.9. The zero-order valence-corrected chi connectivity index (χ0v) is 11.8. The molecule has 0 spiro atoms. The second kappa shape index (κ2) is 5.80. The van der Waals surface area contributed by atoms with Crippen molar-refractivity contribution >= 4 is 21.6 Å². The van der Waals surface area contributed by atoms with E-state index in [0.717, 1.165) is 0 Å². The number of anilines is 1. The van der Waals surface area contributed by atoms with Crippen molar-refractivity contribution in [3.8, 4) is 6.07 Å². The lowest BCUT2D eigenvalue weighted by Gasteiger charge is -2.08. The van der Waals surface area contributed by atoms with E-state index in [9.17, 15) is 4.39 Å². The number of nitrogens with one attached hydrogen (secondary N) is 1. The Labute approximate surface area is 118 Å². The summed E-state index contributed by atoms with van der Waals surface area (Å²) in [7, 11) is 1.79. The number of hydrogen-bond acceptors (Lipinski definition) is 4. The van der Waals surface area contributed by atoms with Gasteiger partial charge in [0.1, 0.15) is 12.4 Å². The van der Waals surface area contributed by atoms with Crippen LogP contribution in [0.1, 0.15) is 11.4 Å². The summed E-state index contributed by atoms with van der Waals surface area (Å²) in [5.41, 5.74) is 0.622. The van der Waals surface area contributed by atoms with E-state index in [1.54, 1.807) is 30.2 Å². The third-order valence-electron chi connectivity index (χ3n) is 2.51. The van der Waals surface area contributed by atoms with Gasteiger partial charge in [0, 0.05) is 20.0 Å². The zero-order valence-electron chi connectivity index (χ0n) is 10.2. The van der Waals surface area contributed by atoms with E-state index in [-0.39, 0.29) is 10.0 Å². The predicted octanol–water partition coefficient (Wildman–Crippen LogP) is 2.24. The van der Waals surface area contributed by atoms with Gasteiger partial charge in [0.2, 0.25) is 0 Å². The molecule has 1 N–H and O–H groups in total. The number of hydrogen-bond donors (Lipinski definition) is 1. The highest BCUT2D eigenvalue weighted by molar-refractivity contribution is 9.10. The molecule has 1 aromatic heterocycles. The van der Waals surface area contributed by atoms with Gasteiger partial charge in [-0.2, -0.15) is 10.4 Å². The molecule has 0 aliphatic carbocycles. The fraction of sp³-hybridized carbons (Fsp3) is 0.250. The molecule has 0 radical (unpaired) electrons. The van der Waals surface area contributed by atoms with Gasteiger partial charge in [0.25, 0.3) is 0 Å². The Morgan fingerprint density at radius 1 is 1.53 bits per heavy atom. The van der Waals surface area contributed by atoms with E-state index in [2.05, 4.69) is 31.3 Å². The number of benzene rings is 1. The molecular formula is C12H11BrFN5. The predicted molar refractivity (Wildman–Crippen MR) is 72.0 cm³/mol. The summed E-state index contributed by atoms with van der Waals surface area (Å²) in [6.07, 6.45) is 2.21. The van der Waals surface area contributed by atoms with Crippen LogP contribution in [0.25, 0.3) is 0 Å². The number of rotatable bonds is 4. The molecule has 7 heteroatoms. The Morgan fingerprint density at radius 2 is 2.32 bits per heavy atom. The SMILES string of the molecule is Cn1cnc(CCNc2ccc(C#N)c(Br)c2F)n1. The molecule has 0 fully saturated rings. The first-order valence-corrected chi connectivity index (χ1v) is 6.37. The molecular weight excluding hydrogens is 313 g/mol. The van der Waals surface area contributed by atoms with Crippen LogP contribution in [-0.2, 0) is 13.5 Å². The monoisotopic (exact) mass is 323 g/mol. The maximum Gasteiger partial charge on any atom is 0.161 e. The molecule has 1 heterocycles. The van der Waals surface area contributed by atoms with Crippen LogP contribution in [0.2, 0.25) is 0 Å². The summed E-state index contributed by atoms with van der Waals surface area (Å²) in [5.74, 6) is 0.233. The van der Waals surface area contributed by atoms with E-state index in [1.807, 2.05) is 6.07 Å². The number of aryl methyl sites for hydroxylation is 1. The lowest BCUT2D eigenvalue weighted by molar-refractivity contribution is 0.622. The highest BCUT2D eigenvalue weighted by Gasteiger charge is 2.10. The molecule has 0 unspecified atom stereocenters. The average Bonchev–Trinajstić information content (AvgIpc) is 2.81. The van der Waals surface area contributed by atoms with Crippen molar-refractivity contribution in [2.75, 3.05) is 11.9 Å². The minimum absolute atomic E-state index is 0.177. The maximum atomic E-state index is 13.9. The van der Waals surface area contributed by atoms with Crippen molar-refractivity contribution in [2.45, 2.75) is 6.42 Å². The number of aromatic nitrogens is 3. The lowest BCUT2D eigenvalue weighted by atomic mass is 10.2. The Hall–Kier alpha value is -1.94. The normalized spacial score (nSPS) is 10.2. The molecule has 0 atom stereocenters. The summed E-state index contributed by atoms with van der Waals surface area (Å²) in [4.78, 5) is 4.08. The minimum atomic E-state index is -0.465. The van der Waals surface area contributed by atoms with Crippen molar-refractivity contribution in [2.24, 2.45) is 7.05 Å². The molecule has 5 nitrogen and oxygen atoms in total. The first kappa shape index (κ1) is 13.5. The Kier molecular flexibility index (Phi) is 4.12. The molecule has 2 aromatic rings. The molecule has 0 saturated heterocycles. The standard InChI is InChI=1S/C12H11BrFN5/c1-19-7-17-10(18-19)4-5-16-9-3-2-8(6-15)11(13)12(9)14/h2-3,7,16H,4-5H2,1H3. The molecule has 98 valence electrons. The topological polar surface area (TPSA) is 66.5 Å². The first-order chi connectivity index (χ1) is 9.11. The van der Waals surface area contributed by atoms with Gasteiger partial charge in [-0.25, -0.2) is 9.37 Å². The van der Waals surface area contributed by atoms with Crippen LogP contribution in [0.15, 0.2) is 22.9 Å². The van der Waals surface area contributed by atoms with Crippen molar-refractivity contribution < 1.29 is 4.39 Å². The molecule has 0 bridgehead atoms. The van der Waals surface area contributed by atoms with Gasteiger partial charge in [0.15, 0.2) is 11.6 Å². The van der Waals surface area contributed by atoms with Gasteiger partial charge in [-0.05, 0) is 28.1 Å². The number of halogens is 2. The average molecular weight is 324 g/mol. The van der Waals surface area contributed by atoms with Gasteiger partial charge in [-0.3, -0.25) is 4.68 Å². The Balaban J connectivity index is 2.00. The molecule has 0 saturated carbocycles. The fourth-order valence-electron chi connectivity index (χ4n) is 1.58. The van der Waals surface area contributed by atoms with Crippen molar-refractivity contribution in [3.63, 3.8) is 0 Å². The summed E-state index contributed by atoms with van der Waals surface area (Å²) < 4.78 is 15.7. The van der Waals surface area contributed by atoms with Gasteiger partial charge >= 0.3 is 0 Å². The van der Waals surface area contributed by atoms with Gasteiger partial charge in [-0.15, -0.1) is 0 Å². The lowest BCUT2D eigenvalue weighted by Crippen LogP contribution is -2.08. The van der Waals surface area contributed by atoms with E-state index >= 15 is 0 Å². The van der Waals surface area contributed by atoms with Crippen LogP contribution in [0.5, 0.6) is 0 Å². The van der Waals surface area contributed by atoms with Crippen LogP contribution in [0.3, 0.4) is 0 Å². The van der Waals surface area contributed by atoms with E-state index in [0.29, 0.717) is 24.5 Å². The molecule has 0 amide bonds. The molecule has 0 aliphatic heterocycles. The van der Waals surface area contributed by atoms with Crippen molar-refractivity contribution in [3.05, 3.63) is 40.1 Å². The van der Waals surface area contributed by atoms with E-state index in [1.165, 1.54) is 0 Å². The first-order valence-electron chi connectivity index (χ1n) is 5.58. The summed E-state index contributed by atoms with van der Waals surface area (Å²) in [6, 6.07) is 5.02. The highest BCUT2D eigenvalue weighted by Crippen LogP contribution is 2.26. The van der Waals surface area contributed by atoms with E-state index in [4.69, 9.17) is 5.26 Å². The molecule has 19 heavy (non-hydrogen) atoms. The minimum Gasteiger partial charge on any atom is -0.382 e. The molecule has 2 rings (SSSR count). The fourth-order valence-corrected chi connectivity index (χ4v) is 2.01. The van der Waals surface area contributed by atoms with Gasteiger partial charge < -0.3 is 5.32 Å². The van der Waals surface area contributed by atoms with Gasteiger partial charge in [0.05, 0.1) is 15.7 Å². The quantitative estimate of drug-likeness (QED) is 0.937. The second-order valence-corrected chi connectivity index (χ2v) is 4.70. The second-order valence-electron chi connectivity index (χ2n) is 3.91. The Bertz CT molecular complexity index is 632. The number of nitriles is 1. The van der Waals surface area contributed by atoms with Gasteiger partial charge in [-0.1, -0.05) is 0 Å². The van der Waals surface area contributed by atoms with Crippen LogP contribution in [-0.4, -0.2) is 21.3 Å². The largest absolute Gasteiger partial charge is 0.382 e. The van der Waals surface area contributed by atoms with Crippen LogP contribution in [0.4, 0.5) is 10.1 Å². The van der Waals surface area contributed by atoms with Crippen LogP contribution < -0.4 is 5.32 Å². The van der Waals surface area contributed by atoms with Crippen LogP contribution in [0, 0.1) is 17.1 Å². The third kappa shape index (κ3) is 3.09. The summed E-state index contributed by atoms with van der Waals surface area (Å²) in [6.45, 7) is 0.513. The maximum absolute atomic E-state index is 13.9. The molecule has 0 aliphatic rings. The van der Waals surface area contributed by atoms with E-state index < -0.39 is 5.82 Å². The molecule has 1 aromatic carbocycles. The van der Waals surface area contributed by atoms with Crippen LogP contribution >= 0.6 is 15.9 Å². The zero-order chi connectivity index (χ0) is 13.8. The smallest absolute Gasteiger partial charge is 0.161 e. The van der Waals surface area contributed by atoms with Crippen molar-refractivity contribution in [1.82, 2.24) is 14.8 Å².